The van der Waals surface area contributed by atoms with Crippen LogP contribution in [0.3, 0.4) is 0 Å². The highest BCUT2D eigenvalue weighted by Crippen LogP contribution is 2.32. The van der Waals surface area contributed by atoms with E-state index in [1.165, 1.54) is 0 Å². The summed E-state index contributed by atoms with van der Waals surface area (Å²) in [6, 6.07) is 18.0. The van der Waals surface area contributed by atoms with Crippen LogP contribution in [0.1, 0.15) is 10.4 Å². The summed E-state index contributed by atoms with van der Waals surface area (Å²) >= 11 is 0. The predicted octanol–water partition coefficient (Wildman–Crippen LogP) is 4.89. The Morgan fingerprint density at radius 1 is 0.962 bits per heavy atom. The standard InChI is InChI=1S/C21H15NO4/c1-25-14-5-8-18-19(12-14)22-10-9-20(18)26-15-6-7-16-13(11-15)3-2-4-17(16)21(23)24/h2-12H,1H3,(H,23,24). The SMILES string of the molecule is COc1ccc2c(Oc3ccc4c(C(=O)O)cccc4c3)ccnc2c1. The van der Waals surface area contributed by atoms with E-state index in [0.717, 1.165) is 22.0 Å². The Balaban J connectivity index is 1.76. The van der Waals surface area contributed by atoms with E-state index < -0.39 is 5.97 Å². The molecule has 0 saturated carbocycles. The number of aromatic nitrogens is 1. The Kier molecular flexibility index (Phi) is 3.89. The van der Waals surface area contributed by atoms with Gasteiger partial charge in [0, 0.05) is 17.6 Å². The lowest BCUT2D eigenvalue weighted by Gasteiger charge is -2.11. The number of aromatic carboxylic acids is 1. The molecular formula is C21H15NO4. The number of rotatable bonds is 4. The van der Waals surface area contributed by atoms with Gasteiger partial charge in [0.15, 0.2) is 0 Å². The van der Waals surface area contributed by atoms with Crippen molar-refractivity contribution in [3.05, 3.63) is 72.4 Å². The lowest BCUT2D eigenvalue weighted by Crippen LogP contribution is -1.97. The maximum Gasteiger partial charge on any atom is 0.336 e. The molecule has 1 N–H and O–H groups in total. The molecule has 0 amide bonds. The quantitative estimate of drug-likeness (QED) is 0.570. The number of pyridine rings is 1. The molecule has 0 unspecified atom stereocenters. The van der Waals surface area contributed by atoms with Crippen LogP contribution < -0.4 is 9.47 Å². The van der Waals surface area contributed by atoms with Crippen LogP contribution in [0.5, 0.6) is 17.2 Å². The molecule has 3 aromatic carbocycles. The van der Waals surface area contributed by atoms with Gasteiger partial charge in [0.05, 0.1) is 18.2 Å². The largest absolute Gasteiger partial charge is 0.497 e. The first kappa shape index (κ1) is 15.9. The zero-order valence-corrected chi connectivity index (χ0v) is 14.0. The molecule has 1 heterocycles. The Labute approximate surface area is 149 Å². The fraction of sp³-hybridized carbons (Fsp3) is 0.0476. The van der Waals surface area contributed by atoms with Crippen LogP contribution in [-0.4, -0.2) is 23.2 Å². The van der Waals surface area contributed by atoms with Crippen molar-refractivity contribution in [1.29, 1.82) is 0 Å². The van der Waals surface area contributed by atoms with E-state index in [0.29, 0.717) is 16.9 Å². The average Bonchev–Trinajstić information content (AvgIpc) is 2.67. The molecule has 0 fully saturated rings. The van der Waals surface area contributed by atoms with E-state index in [-0.39, 0.29) is 5.56 Å². The van der Waals surface area contributed by atoms with Crippen LogP contribution in [-0.2, 0) is 0 Å². The van der Waals surface area contributed by atoms with Gasteiger partial charge in [0.1, 0.15) is 17.2 Å². The van der Waals surface area contributed by atoms with Gasteiger partial charge in [0.2, 0.25) is 0 Å². The zero-order chi connectivity index (χ0) is 18.1. The van der Waals surface area contributed by atoms with E-state index in [9.17, 15) is 9.90 Å². The van der Waals surface area contributed by atoms with Gasteiger partial charge in [-0.05, 0) is 53.2 Å². The van der Waals surface area contributed by atoms with E-state index >= 15 is 0 Å². The van der Waals surface area contributed by atoms with Crippen molar-refractivity contribution in [2.75, 3.05) is 7.11 Å². The van der Waals surface area contributed by atoms with Crippen molar-refractivity contribution in [1.82, 2.24) is 4.98 Å². The van der Waals surface area contributed by atoms with Crippen molar-refractivity contribution in [2.45, 2.75) is 0 Å². The van der Waals surface area contributed by atoms with Gasteiger partial charge in [-0.3, -0.25) is 4.98 Å². The number of methoxy groups -OCH3 is 1. The predicted molar refractivity (Wildman–Crippen MR) is 99.3 cm³/mol. The second-order valence-electron chi connectivity index (χ2n) is 5.79. The molecule has 4 aromatic rings. The van der Waals surface area contributed by atoms with Gasteiger partial charge in [0.25, 0.3) is 0 Å². The molecule has 0 radical (unpaired) electrons. The Bertz CT molecular complexity index is 1140. The normalized spacial score (nSPS) is 10.8. The summed E-state index contributed by atoms with van der Waals surface area (Å²) in [5.74, 6) is 1.09. The fourth-order valence-corrected chi connectivity index (χ4v) is 2.96. The molecule has 0 aliphatic heterocycles. The monoisotopic (exact) mass is 345 g/mol. The van der Waals surface area contributed by atoms with E-state index in [1.807, 2.05) is 30.3 Å². The maximum atomic E-state index is 11.3. The van der Waals surface area contributed by atoms with Crippen LogP contribution in [0, 0.1) is 0 Å². The molecule has 0 atom stereocenters. The van der Waals surface area contributed by atoms with E-state index in [4.69, 9.17) is 9.47 Å². The molecule has 0 aliphatic rings. The minimum Gasteiger partial charge on any atom is -0.497 e. The molecule has 26 heavy (non-hydrogen) atoms. The average molecular weight is 345 g/mol. The van der Waals surface area contributed by atoms with Crippen molar-refractivity contribution >= 4 is 27.6 Å². The Hall–Kier alpha value is -3.60. The maximum absolute atomic E-state index is 11.3. The van der Waals surface area contributed by atoms with Crippen molar-refractivity contribution in [3.63, 3.8) is 0 Å². The molecule has 0 aliphatic carbocycles. The van der Waals surface area contributed by atoms with Crippen molar-refractivity contribution in [3.8, 4) is 17.2 Å². The molecule has 5 heteroatoms. The first-order valence-electron chi connectivity index (χ1n) is 8.02. The number of benzene rings is 3. The summed E-state index contributed by atoms with van der Waals surface area (Å²) in [7, 11) is 1.61. The molecule has 0 spiro atoms. The fourth-order valence-electron chi connectivity index (χ4n) is 2.96. The summed E-state index contributed by atoms with van der Waals surface area (Å²) < 4.78 is 11.3. The second kappa shape index (κ2) is 6.37. The molecule has 4 rings (SSSR count). The van der Waals surface area contributed by atoms with Crippen LogP contribution >= 0.6 is 0 Å². The Morgan fingerprint density at radius 2 is 1.77 bits per heavy atom. The summed E-state index contributed by atoms with van der Waals surface area (Å²) in [4.78, 5) is 15.7. The minimum atomic E-state index is -0.946. The molecular weight excluding hydrogens is 330 g/mol. The smallest absolute Gasteiger partial charge is 0.336 e. The highest BCUT2D eigenvalue weighted by atomic mass is 16.5. The van der Waals surface area contributed by atoms with Crippen LogP contribution in [0.4, 0.5) is 0 Å². The van der Waals surface area contributed by atoms with E-state index in [2.05, 4.69) is 4.98 Å². The van der Waals surface area contributed by atoms with Crippen LogP contribution in [0.15, 0.2) is 66.9 Å². The highest BCUT2D eigenvalue weighted by Gasteiger charge is 2.10. The van der Waals surface area contributed by atoms with Crippen molar-refractivity contribution < 1.29 is 19.4 Å². The lowest BCUT2D eigenvalue weighted by atomic mass is 10.0. The van der Waals surface area contributed by atoms with Gasteiger partial charge in [-0.25, -0.2) is 4.79 Å². The van der Waals surface area contributed by atoms with E-state index in [1.54, 1.807) is 43.6 Å². The highest BCUT2D eigenvalue weighted by molar-refractivity contribution is 6.04. The van der Waals surface area contributed by atoms with Gasteiger partial charge >= 0.3 is 5.97 Å². The Morgan fingerprint density at radius 3 is 2.58 bits per heavy atom. The van der Waals surface area contributed by atoms with Gasteiger partial charge < -0.3 is 14.6 Å². The number of hydrogen-bond donors (Lipinski definition) is 1. The molecule has 0 saturated heterocycles. The number of hydrogen-bond acceptors (Lipinski definition) is 4. The number of nitrogens with zero attached hydrogens (tertiary/aromatic N) is 1. The zero-order valence-electron chi connectivity index (χ0n) is 14.0. The third-order valence-corrected chi connectivity index (χ3v) is 4.22. The van der Waals surface area contributed by atoms with Crippen LogP contribution in [0.2, 0.25) is 0 Å². The minimum absolute atomic E-state index is 0.274. The first-order chi connectivity index (χ1) is 12.7. The summed E-state index contributed by atoms with van der Waals surface area (Å²) in [6.07, 6.45) is 1.68. The first-order valence-corrected chi connectivity index (χ1v) is 8.02. The number of carboxylic acids is 1. The summed E-state index contributed by atoms with van der Waals surface area (Å²) in [5.41, 5.74) is 1.05. The molecule has 5 nitrogen and oxygen atoms in total. The van der Waals surface area contributed by atoms with Gasteiger partial charge in [-0.1, -0.05) is 12.1 Å². The lowest BCUT2D eigenvalue weighted by molar-refractivity contribution is 0.0699. The number of ether oxygens (including phenoxy) is 2. The molecule has 1 aromatic heterocycles. The molecule has 0 bridgehead atoms. The van der Waals surface area contributed by atoms with Gasteiger partial charge in [-0.15, -0.1) is 0 Å². The van der Waals surface area contributed by atoms with Crippen LogP contribution in [0.25, 0.3) is 21.7 Å². The summed E-state index contributed by atoms with van der Waals surface area (Å²) in [5, 5.41) is 11.7. The number of carbonyl (C=O) groups is 1. The topological polar surface area (TPSA) is 68.7 Å². The van der Waals surface area contributed by atoms with Gasteiger partial charge in [-0.2, -0.15) is 0 Å². The second-order valence-corrected chi connectivity index (χ2v) is 5.79. The van der Waals surface area contributed by atoms with Crippen molar-refractivity contribution in [2.24, 2.45) is 0 Å². The number of carboxylic acid groups (broad SMARTS) is 1. The summed E-state index contributed by atoms with van der Waals surface area (Å²) in [6.45, 7) is 0. The number of fused-ring (bicyclic) bond motifs is 2. The third-order valence-electron chi connectivity index (χ3n) is 4.22. The molecule has 128 valence electrons. The third kappa shape index (κ3) is 2.80.